The smallest absolute Gasteiger partial charge is 0.360 e. The average molecular weight is 252 g/mol. The fourth-order valence-corrected chi connectivity index (χ4v) is 1.44. The average Bonchev–Trinajstić information content (AvgIpc) is 2.29. The van der Waals surface area contributed by atoms with E-state index in [1.807, 2.05) is 6.07 Å². The largest absolute Gasteiger partial charge is 0.421 e. The first-order valence-corrected chi connectivity index (χ1v) is 5.49. The zero-order chi connectivity index (χ0) is 12.4. The van der Waals surface area contributed by atoms with Crippen LogP contribution in [0.2, 0.25) is 0 Å². The third-order valence-electron chi connectivity index (χ3n) is 2.26. The Morgan fingerprint density at radius 3 is 2.82 bits per heavy atom. The normalized spacial score (nSPS) is 12.4. The van der Waals surface area contributed by atoms with Gasteiger partial charge in [-0.05, 0) is 19.1 Å². The van der Waals surface area contributed by atoms with Crippen LogP contribution in [0.1, 0.15) is 6.92 Å². The molecular formula is C12H10ClNO3. The molecule has 1 aromatic carbocycles. The fraction of sp³-hybridized carbons (Fsp3) is 0.167. The van der Waals surface area contributed by atoms with Crippen LogP contribution >= 0.6 is 11.6 Å². The predicted octanol–water partition coefficient (Wildman–Crippen LogP) is 2.36. The van der Waals surface area contributed by atoms with E-state index in [0.717, 1.165) is 5.39 Å². The van der Waals surface area contributed by atoms with Crippen molar-refractivity contribution in [1.29, 1.82) is 0 Å². The number of anilines is 1. The molecule has 88 valence electrons. The van der Waals surface area contributed by atoms with E-state index in [1.54, 1.807) is 24.3 Å². The van der Waals surface area contributed by atoms with Gasteiger partial charge in [0.2, 0.25) is 5.91 Å². The first kappa shape index (κ1) is 11.7. The van der Waals surface area contributed by atoms with Gasteiger partial charge in [0, 0.05) is 5.39 Å². The monoisotopic (exact) mass is 251 g/mol. The number of halogens is 1. The summed E-state index contributed by atoms with van der Waals surface area (Å²) in [6, 6.07) is 8.63. The lowest BCUT2D eigenvalue weighted by Crippen LogP contribution is -2.23. The zero-order valence-corrected chi connectivity index (χ0v) is 9.82. The Labute approximate surface area is 102 Å². The summed E-state index contributed by atoms with van der Waals surface area (Å²) in [5.41, 5.74) is -0.00927. The second-order valence-electron chi connectivity index (χ2n) is 3.59. The van der Waals surface area contributed by atoms with Crippen LogP contribution < -0.4 is 10.9 Å². The Hall–Kier alpha value is -1.81. The SMILES string of the molecule is CC(Cl)C(=O)Nc1cc2ccccc2oc1=O. The van der Waals surface area contributed by atoms with Crippen molar-refractivity contribution in [2.24, 2.45) is 0 Å². The van der Waals surface area contributed by atoms with Crippen molar-refractivity contribution >= 4 is 34.2 Å². The third-order valence-corrected chi connectivity index (χ3v) is 2.46. The van der Waals surface area contributed by atoms with E-state index in [1.165, 1.54) is 6.92 Å². The van der Waals surface area contributed by atoms with Crippen molar-refractivity contribution in [2.75, 3.05) is 5.32 Å². The summed E-state index contributed by atoms with van der Waals surface area (Å²) in [7, 11) is 0. The quantitative estimate of drug-likeness (QED) is 0.658. The maximum atomic E-state index is 11.6. The molecule has 0 spiro atoms. The van der Waals surface area contributed by atoms with Gasteiger partial charge in [-0.1, -0.05) is 18.2 Å². The van der Waals surface area contributed by atoms with E-state index in [4.69, 9.17) is 16.0 Å². The maximum absolute atomic E-state index is 11.6. The van der Waals surface area contributed by atoms with E-state index in [0.29, 0.717) is 5.58 Å². The molecule has 0 bridgehead atoms. The number of hydrogen-bond donors (Lipinski definition) is 1. The number of rotatable bonds is 2. The molecule has 0 saturated heterocycles. The lowest BCUT2D eigenvalue weighted by atomic mass is 10.2. The molecule has 0 fully saturated rings. The summed E-state index contributed by atoms with van der Waals surface area (Å²) in [6.45, 7) is 1.53. The molecule has 1 aromatic heterocycles. The summed E-state index contributed by atoms with van der Waals surface area (Å²) >= 11 is 5.60. The van der Waals surface area contributed by atoms with Gasteiger partial charge < -0.3 is 9.73 Å². The topological polar surface area (TPSA) is 59.3 Å². The fourth-order valence-electron chi connectivity index (χ4n) is 1.38. The third kappa shape index (κ3) is 2.47. The molecule has 0 aliphatic heterocycles. The van der Waals surface area contributed by atoms with Gasteiger partial charge in [-0.3, -0.25) is 4.79 Å². The van der Waals surface area contributed by atoms with Gasteiger partial charge in [0.15, 0.2) is 0 Å². The van der Waals surface area contributed by atoms with Crippen molar-refractivity contribution in [1.82, 2.24) is 0 Å². The van der Waals surface area contributed by atoms with Gasteiger partial charge in [0.1, 0.15) is 16.6 Å². The second kappa shape index (κ2) is 4.59. The highest BCUT2D eigenvalue weighted by molar-refractivity contribution is 6.32. The van der Waals surface area contributed by atoms with Crippen molar-refractivity contribution in [2.45, 2.75) is 12.3 Å². The van der Waals surface area contributed by atoms with Crippen molar-refractivity contribution < 1.29 is 9.21 Å². The Morgan fingerprint density at radius 2 is 2.12 bits per heavy atom. The van der Waals surface area contributed by atoms with Crippen LogP contribution in [0.5, 0.6) is 0 Å². The molecule has 0 saturated carbocycles. The van der Waals surface area contributed by atoms with E-state index >= 15 is 0 Å². The van der Waals surface area contributed by atoms with Crippen LogP contribution in [0.15, 0.2) is 39.5 Å². The number of nitrogens with one attached hydrogen (secondary N) is 1. The molecular weight excluding hydrogens is 242 g/mol. The molecule has 2 rings (SSSR count). The minimum atomic E-state index is -0.708. The molecule has 2 aromatic rings. The van der Waals surface area contributed by atoms with Crippen LogP contribution in [-0.2, 0) is 4.79 Å². The molecule has 0 aliphatic rings. The van der Waals surface area contributed by atoms with E-state index in [2.05, 4.69) is 5.32 Å². The van der Waals surface area contributed by atoms with E-state index in [9.17, 15) is 9.59 Å². The van der Waals surface area contributed by atoms with Crippen molar-refractivity contribution in [3.63, 3.8) is 0 Å². The molecule has 5 heteroatoms. The molecule has 1 heterocycles. The number of alkyl halides is 1. The highest BCUT2D eigenvalue weighted by atomic mass is 35.5. The molecule has 0 radical (unpaired) electrons. The summed E-state index contributed by atoms with van der Waals surface area (Å²) < 4.78 is 5.06. The van der Waals surface area contributed by atoms with Crippen LogP contribution in [-0.4, -0.2) is 11.3 Å². The summed E-state index contributed by atoms with van der Waals surface area (Å²) in [4.78, 5) is 22.9. The second-order valence-corrected chi connectivity index (χ2v) is 4.25. The molecule has 1 N–H and O–H groups in total. The van der Waals surface area contributed by atoms with Gasteiger partial charge in [-0.15, -0.1) is 11.6 Å². The number of benzene rings is 1. The van der Waals surface area contributed by atoms with E-state index in [-0.39, 0.29) is 5.69 Å². The highest BCUT2D eigenvalue weighted by Gasteiger charge is 2.12. The molecule has 0 aliphatic carbocycles. The molecule has 1 atom stereocenters. The van der Waals surface area contributed by atoms with Crippen LogP contribution in [0, 0.1) is 0 Å². The Bertz CT molecular complexity index is 618. The van der Waals surface area contributed by atoms with Crippen molar-refractivity contribution in [3.05, 3.63) is 40.8 Å². The molecule has 17 heavy (non-hydrogen) atoms. The first-order valence-electron chi connectivity index (χ1n) is 5.06. The standard InChI is InChI=1S/C12H10ClNO3/c1-7(13)11(15)14-9-6-8-4-2-3-5-10(8)17-12(9)16/h2-7H,1H3,(H,14,15). The van der Waals surface area contributed by atoms with Crippen LogP contribution in [0.3, 0.4) is 0 Å². The minimum absolute atomic E-state index is 0.0983. The lowest BCUT2D eigenvalue weighted by Gasteiger charge is -2.05. The minimum Gasteiger partial charge on any atom is -0.421 e. The Balaban J connectivity index is 2.44. The van der Waals surface area contributed by atoms with Crippen LogP contribution in [0.4, 0.5) is 5.69 Å². The summed E-state index contributed by atoms with van der Waals surface area (Å²) in [5.74, 6) is -0.436. The van der Waals surface area contributed by atoms with E-state index < -0.39 is 16.9 Å². The number of carbonyl (C=O) groups excluding carboxylic acids is 1. The van der Waals surface area contributed by atoms with Gasteiger partial charge in [0.25, 0.3) is 0 Å². The molecule has 1 unspecified atom stereocenters. The number of para-hydroxylation sites is 1. The van der Waals surface area contributed by atoms with Gasteiger partial charge >= 0.3 is 5.63 Å². The maximum Gasteiger partial charge on any atom is 0.360 e. The highest BCUT2D eigenvalue weighted by Crippen LogP contribution is 2.15. The van der Waals surface area contributed by atoms with Gasteiger partial charge in [-0.25, -0.2) is 4.79 Å². The van der Waals surface area contributed by atoms with Gasteiger partial charge in [-0.2, -0.15) is 0 Å². The van der Waals surface area contributed by atoms with Gasteiger partial charge in [0.05, 0.1) is 0 Å². The summed E-state index contributed by atoms with van der Waals surface area (Å²) in [5, 5.41) is 2.46. The molecule has 1 amide bonds. The number of amides is 1. The summed E-state index contributed by atoms with van der Waals surface area (Å²) in [6.07, 6.45) is 0. The van der Waals surface area contributed by atoms with Crippen molar-refractivity contribution in [3.8, 4) is 0 Å². The first-order chi connectivity index (χ1) is 8.08. The number of carbonyl (C=O) groups is 1. The molecule has 4 nitrogen and oxygen atoms in total. The number of fused-ring (bicyclic) bond motifs is 1. The number of hydrogen-bond acceptors (Lipinski definition) is 3. The van der Waals surface area contributed by atoms with Crippen LogP contribution in [0.25, 0.3) is 11.0 Å². The predicted molar refractivity (Wildman–Crippen MR) is 66.4 cm³/mol. The Morgan fingerprint density at radius 1 is 1.41 bits per heavy atom. The zero-order valence-electron chi connectivity index (χ0n) is 9.07. The Kier molecular flexibility index (Phi) is 3.15. The lowest BCUT2D eigenvalue weighted by molar-refractivity contribution is -0.115.